The van der Waals surface area contributed by atoms with Crippen LogP contribution in [0.25, 0.3) is 0 Å². The van der Waals surface area contributed by atoms with Crippen LogP contribution in [0.5, 0.6) is 0 Å². The molecule has 0 aliphatic carbocycles. The van der Waals surface area contributed by atoms with Crippen molar-refractivity contribution < 1.29 is 0 Å². The third-order valence-corrected chi connectivity index (χ3v) is 4.86. The number of hydrogen-bond acceptors (Lipinski definition) is 1. The van der Waals surface area contributed by atoms with E-state index in [-0.39, 0.29) is 10.8 Å². The van der Waals surface area contributed by atoms with Gasteiger partial charge in [-0.05, 0) is 42.9 Å². The van der Waals surface area contributed by atoms with Crippen LogP contribution in [0.2, 0.25) is 0 Å². The molecule has 1 heterocycles. The third kappa shape index (κ3) is 3.99. The van der Waals surface area contributed by atoms with Crippen LogP contribution < -0.4 is 0 Å². The van der Waals surface area contributed by atoms with Gasteiger partial charge in [0.15, 0.2) is 0 Å². The first kappa shape index (κ1) is 15.9. The molecule has 2 heteroatoms. The molecule has 1 aliphatic heterocycles. The largest absolute Gasteiger partial charge is 0.299 e. The van der Waals surface area contributed by atoms with E-state index in [0.29, 0.717) is 6.04 Å². The van der Waals surface area contributed by atoms with E-state index in [0.717, 1.165) is 6.54 Å². The highest BCUT2D eigenvalue weighted by atomic mass is 35.5. The van der Waals surface area contributed by atoms with Crippen molar-refractivity contribution in [1.29, 1.82) is 0 Å². The van der Waals surface area contributed by atoms with E-state index in [4.69, 9.17) is 11.6 Å². The van der Waals surface area contributed by atoms with Crippen molar-refractivity contribution >= 4 is 11.6 Å². The van der Waals surface area contributed by atoms with Gasteiger partial charge in [-0.2, -0.15) is 0 Å². The van der Waals surface area contributed by atoms with Gasteiger partial charge < -0.3 is 0 Å². The Labute approximate surface area is 129 Å². The van der Waals surface area contributed by atoms with Gasteiger partial charge in [0.05, 0.1) is 5.38 Å². The summed E-state index contributed by atoms with van der Waals surface area (Å²) in [5.41, 5.74) is 2.83. The van der Waals surface area contributed by atoms with Gasteiger partial charge >= 0.3 is 0 Å². The zero-order chi connectivity index (χ0) is 14.8. The summed E-state index contributed by atoms with van der Waals surface area (Å²) in [5.74, 6) is 0. The standard InChI is InChI=1S/C18H28ClN/c1-14-7-5-6-12-20(14)13-17(19)15-8-10-16(11-9-15)18(2,3)4/h8-11,14,17H,5-7,12-13H2,1-4H3. The highest BCUT2D eigenvalue weighted by Crippen LogP contribution is 2.28. The Bertz CT molecular complexity index is 418. The van der Waals surface area contributed by atoms with E-state index in [2.05, 4.69) is 56.9 Å². The first-order valence-corrected chi connectivity index (χ1v) is 8.30. The molecule has 0 amide bonds. The van der Waals surface area contributed by atoms with Crippen LogP contribution in [-0.4, -0.2) is 24.0 Å². The van der Waals surface area contributed by atoms with Gasteiger partial charge in [-0.15, -0.1) is 11.6 Å². The molecule has 1 fully saturated rings. The molecule has 0 aromatic heterocycles. The van der Waals surface area contributed by atoms with Crippen LogP contribution in [0.3, 0.4) is 0 Å². The molecular formula is C18H28ClN. The van der Waals surface area contributed by atoms with E-state index in [9.17, 15) is 0 Å². The maximum atomic E-state index is 6.63. The molecule has 1 saturated heterocycles. The molecule has 20 heavy (non-hydrogen) atoms. The molecule has 0 radical (unpaired) electrons. The Morgan fingerprint density at radius 2 is 1.85 bits per heavy atom. The zero-order valence-electron chi connectivity index (χ0n) is 13.3. The Morgan fingerprint density at radius 3 is 2.40 bits per heavy atom. The van der Waals surface area contributed by atoms with Gasteiger partial charge in [-0.1, -0.05) is 51.5 Å². The van der Waals surface area contributed by atoms with Gasteiger partial charge in [-0.3, -0.25) is 4.90 Å². The second kappa shape index (κ2) is 6.49. The molecule has 2 unspecified atom stereocenters. The minimum absolute atomic E-state index is 0.101. The van der Waals surface area contributed by atoms with Crippen molar-refractivity contribution in [3.05, 3.63) is 35.4 Å². The first-order chi connectivity index (χ1) is 9.38. The molecule has 0 saturated carbocycles. The molecule has 1 aromatic rings. The summed E-state index contributed by atoms with van der Waals surface area (Å²) in [6.07, 6.45) is 3.99. The van der Waals surface area contributed by atoms with Crippen molar-refractivity contribution in [2.24, 2.45) is 0 Å². The minimum Gasteiger partial charge on any atom is -0.299 e. The van der Waals surface area contributed by atoms with Gasteiger partial charge in [-0.25, -0.2) is 0 Å². The van der Waals surface area contributed by atoms with Crippen LogP contribution in [0.1, 0.15) is 63.5 Å². The number of alkyl halides is 1. The van der Waals surface area contributed by atoms with E-state index in [1.54, 1.807) is 0 Å². The Morgan fingerprint density at radius 1 is 1.20 bits per heavy atom. The molecule has 2 rings (SSSR count). The average molecular weight is 294 g/mol. The van der Waals surface area contributed by atoms with E-state index in [1.165, 1.54) is 36.9 Å². The summed E-state index contributed by atoms with van der Waals surface area (Å²) in [6, 6.07) is 9.54. The van der Waals surface area contributed by atoms with Crippen LogP contribution in [0, 0.1) is 0 Å². The highest BCUT2D eigenvalue weighted by molar-refractivity contribution is 6.21. The fourth-order valence-corrected chi connectivity index (χ4v) is 3.25. The van der Waals surface area contributed by atoms with Crippen LogP contribution in [-0.2, 0) is 5.41 Å². The summed E-state index contributed by atoms with van der Waals surface area (Å²) in [6.45, 7) is 11.2. The number of piperidine rings is 1. The van der Waals surface area contributed by atoms with Crippen molar-refractivity contribution in [3.63, 3.8) is 0 Å². The number of nitrogens with zero attached hydrogens (tertiary/aromatic N) is 1. The lowest BCUT2D eigenvalue weighted by atomic mass is 9.86. The van der Waals surface area contributed by atoms with Crippen molar-refractivity contribution in [3.8, 4) is 0 Å². The second-order valence-electron chi connectivity index (χ2n) is 7.18. The predicted octanol–water partition coefficient (Wildman–Crippen LogP) is 5.14. The van der Waals surface area contributed by atoms with Crippen LogP contribution in [0.15, 0.2) is 24.3 Å². The maximum Gasteiger partial charge on any atom is 0.0712 e. The summed E-state index contributed by atoms with van der Waals surface area (Å²) in [7, 11) is 0. The molecule has 1 aromatic carbocycles. The zero-order valence-corrected chi connectivity index (χ0v) is 14.1. The van der Waals surface area contributed by atoms with E-state index < -0.39 is 0 Å². The first-order valence-electron chi connectivity index (χ1n) is 7.86. The average Bonchev–Trinajstić information content (AvgIpc) is 2.40. The van der Waals surface area contributed by atoms with Crippen molar-refractivity contribution in [1.82, 2.24) is 4.90 Å². The monoisotopic (exact) mass is 293 g/mol. The topological polar surface area (TPSA) is 3.24 Å². The van der Waals surface area contributed by atoms with Gasteiger partial charge in [0, 0.05) is 12.6 Å². The molecule has 0 N–H and O–H groups in total. The van der Waals surface area contributed by atoms with Gasteiger partial charge in [0.25, 0.3) is 0 Å². The summed E-state index contributed by atoms with van der Waals surface area (Å²) in [5, 5.41) is 0.101. The molecule has 0 bridgehead atoms. The Hall–Kier alpha value is -0.530. The Kier molecular flexibility index (Phi) is 5.14. The molecule has 1 aliphatic rings. The van der Waals surface area contributed by atoms with E-state index >= 15 is 0 Å². The number of benzene rings is 1. The third-order valence-electron chi connectivity index (χ3n) is 4.47. The summed E-state index contributed by atoms with van der Waals surface area (Å²) < 4.78 is 0. The molecular weight excluding hydrogens is 266 g/mol. The fourth-order valence-electron chi connectivity index (χ4n) is 2.93. The van der Waals surface area contributed by atoms with Crippen LogP contribution >= 0.6 is 11.6 Å². The predicted molar refractivity (Wildman–Crippen MR) is 88.6 cm³/mol. The lowest BCUT2D eigenvalue weighted by molar-refractivity contribution is 0.161. The molecule has 112 valence electrons. The lowest BCUT2D eigenvalue weighted by Crippen LogP contribution is -2.39. The smallest absolute Gasteiger partial charge is 0.0712 e. The number of likely N-dealkylation sites (tertiary alicyclic amines) is 1. The van der Waals surface area contributed by atoms with Gasteiger partial charge in [0.2, 0.25) is 0 Å². The normalized spacial score (nSPS) is 22.8. The maximum absolute atomic E-state index is 6.63. The SMILES string of the molecule is CC1CCCCN1CC(Cl)c1ccc(C(C)(C)C)cc1. The second-order valence-corrected chi connectivity index (χ2v) is 7.71. The summed E-state index contributed by atoms with van der Waals surface area (Å²) in [4.78, 5) is 2.54. The Balaban J connectivity index is 2.00. The number of halogens is 1. The number of hydrogen-bond donors (Lipinski definition) is 0. The fraction of sp³-hybridized carbons (Fsp3) is 0.667. The molecule has 2 atom stereocenters. The number of rotatable bonds is 3. The molecule has 1 nitrogen and oxygen atoms in total. The van der Waals surface area contributed by atoms with Crippen LogP contribution in [0.4, 0.5) is 0 Å². The van der Waals surface area contributed by atoms with Crippen molar-refractivity contribution in [2.45, 2.75) is 63.8 Å². The quantitative estimate of drug-likeness (QED) is 0.698. The minimum atomic E-state index is 0.101. The molecule has 0 spiro atoms. The highest BCUT2D eigenvalue weighted by Gasteiger charge is 2.22. The lowest BCUT2D eigenvalue weighted by Gasteiger charge is -2.34. The summed E-state index contributed by atoms with van der Waals surface area (Å²) >= 11 is 6.63. The van der Waals surface area contributed by atoms with Gasteiger partial charge in [0.1, 0.15) is 0 Å². The van der Waals surface area contributed by atoms with Crippen molar-refractivity contribution in [2.75, 3.05) is 13.1 Å². The van der Waals surface area contributed by atoms with E-state index in [1.807, 2.05) is 0 Å².